The third kappa shape index (κ3) is 3.68. The number of benzene rings is 2. The average Bonchev–Trinajstić information content (AvgIpc) is 2.86. The van der Waals surface area contributed by atoms with Crippen molar-refractivity contribution in [3.63, 3.8) is 0 Å². The molecule has 0 N–H and O–H groups in total. The number of hydrogen-bond donors (Lipinski definition) is 0. The van der Waals surface area contributed by atoms with E-state index in [4.69, 9.17) is 23.5 Å². The number of ether oxygens (including phenoxy) is 3. The first-order valence-electron chi connectivity index (χ1n) is 10.1. The fourth-order valence-electron chi connectivity index (χ4n) is 3.44. The summed E-state index contributed by atoms with van der Waals surface area (Å²) in [6, 6.07) is 13.3. The van der Waals surface area contributed by atoms with Crippen molar-refractivity contribution in [1.29, 1.82) is 0 Å². The van der Waals surface area contributed by atoms with E-state index in [1.807, 2.05) is 64.1 Å². The van der Waals surface area contributed by atoms with Crippen LogP contribution in [0.3, 0.4) is 0 Å². The Kier molecular flexibility index (Phi) is 4.86. The summed E-state index contributed by atoms with van der Waals surface area (Å²) in [5, 5.41) is 0. The predicted molar refractivity (Wildman–Crippen MR) is 113 cm³/mol. The van der Waals surface area contributed by atoms with Gasteiger partial charge in [0.05, 0.1) is 11.2 Å². The van der Waals surface area contributed by atoms with Crippen molar-refractivity contribution >= 4 is 18.6 Å². The first-order chi connectivity index (χ1) is 14.0. The number of fused-ring (bicyclic) bond motifs is 1. The maximum Gasteiger partial charge on any atom is 0.498 e. The van der Waals surface area contributed by atoms with Crippen LogP contribution in [0.4, 0.5) is 0 Å². The standard InChI is InChI=1S/C23H27BO6/c1-21(2)22(3,4)30-24(29-21)16-12-13-17(26-14-15-10-8-7-9-11-15)18-19(16)27-23(5,6)28-20(18)25/h7-13H,14H2,1-6H3. The molecule has 0 amide bonds. The molecule has 2 heterocycles. The molecule has 2 aliphatic rings. The monoisotopic (exact) mass is 410 g/mol. The van der Waals surface area contributed by atoms with Crippen molar-refractivity contribution in [2.24, 2.45) is 0 Å². The van der Waals surface area contributed by atoms with Gasteiger partial charge in [-0.15, -0.1) is 0 Å². The lowest BCUT2D eigenvalue weighted by Crippen LogP contribution is -2.44. The Hall–Kier alpha value is -2.51. The molecule has 0 radical (unpaired) electrons. The molecule has 0 aliphatic carbocycles. The van der Waals surface area contributed by atoms with Gasteiger partial charge in [0.1, 0.15) is 23.7 Å². The lowest BCUT2D eigenvalue weighted by Gasteiger charge is -2.34. The fraction of sp³-hybridized carbons (Fsp3) is 0.435. The zero-order chi connectivity index (χ0) is 21.7. The molecule has 1 saturated heterocycles. The van der Waals surface area contributed by atoms with Gasteiger partial charge in [0.15, 0.2) is 0 Å². The van der Waals surface area contributed by atoms with Crippen molar-refractivity contribution in [1.82, 2.24) is 0 Å². The summed E-state index contributed by atoms with van der Waals surface area (Å²) >= 11 is 0. The van der Waals surface area contributed by atoms with Crippen LogP contribution in [0.5, 0.6) is 11.5 Å². The van der Waals surface area contributed by atoms with Gasteiger partial charge in [-0.3, -0.25) is 0 Å². The second kappa shape index (κ2) is 7.03. The normalized spacial score (nSPS) is 20.9. The SMILES string of the molecule is CC1(C)OC(=O)c2c(OCc3ccccc3)ccc(B3OC(C)(C)C(C)(C)O3)c2O1. The van der Waals surface area contributed by atoms with Crippen LogP contribution in [0.2, 0.25) is 0 Å². The van der Waals surface area contributed by atoms with Gasteiger partial charge in [0.25, 0.3) is 0 Å². The zero-order valence-corrected chi connectivity index (χ0v) is 18.3. The Morgan fingerprint density at radius 1 is 0.867 bits per heavy atom. The summed E-state index contributed by atoms with van der Waals surface area (Å²) in [5.74, 6) is -0.835. The molecule has 158 valence electrons. The third-order valence-electron chi connectivity index (χ3n) is 5.78. The molecule has 6 nitrogen and oxygen atoms in total. The fourth-order valence-corrected chi connectivity index (χ4v) is 3.44. The van der Waals surface area contributed by atoms with Crippen LogP contribution < -0.4 is 14.9 Å². The third-order valence-corrected chi connectivity index (χ3v) is 5.78. The van der Waals surface area contributed by atoms with Gasteiger partial charge in [-0.05, 0) is 39.3 Å². The summed E-state index contributed by atoms with van der Waals surface area (Å²) in [6.45, 7) is 11.6. The zero-order valence-electron chi connectivity index (χ0n) is 18.3. The molecular weight excluding hydrogens is 383 g/mol. The lowest BCUT2D eigenvalue weighted by atomic mass is 9.77. The average molecular weight is 410 g/mol. The van der Waals surface area contributed by atoms with Crippen LogP contribution in [0.25, 0.3) is 0 Å². The molecule has 0 spiro atoms. The Morgan fingerprint density at radius 3 is 2.13 bits per heavy atom. The Labute approximate surface area is 177 Å². The highest BCUT2D eigenvalue weighted by molar-refractivity contribution is 6.63. The molecule has 0 saturated carbocycles. The quantitative estimate of drug-likeness (QED) is 0.564. The van der Waals surface area contributed by atoms with E-state index in [0.717, 1.165) is 5.56 Å². The van der Waals surface area contributed by atoms with Gasteiger partial charge < -0.3 is 23.5 Å². The van der Waals surface area contributed by atoms with Crippen LogP contribution in [-0.2, 0) is 20.7 Å². The topological polar surface area (TPSA) is 63.2 Å². The predicted octanol–water partition coefficient (Wildman–Crippen LogP) is 3.85. The molecule has 0 bridgehead atoms. The first-order valence-corrected chi connectivity index (χ1v) is 10.1. The van der Waals surface area contributed by atoms with Crippen LogP contribution in [-0.4, -0.2) is 30.1 Å². The minimum atomic E-state index is -1.11. The highest BCUT2D eigenvalue weighted by Gasteiger charge is 2.53. The minimum Gasteiger partial charge on any atom is -0.488 e. The van der Waals surface area contributed by atoms with Crippen LogP contribution in [0, 0.1) is 0 Å². The number of cyclic esters (lactones) is 1. The molecule has 2 aliphatic heterocycles. The molecule has 4 rings (SSSR count). The van der Waals surface area contributed by atoms with Crippen molar-refractivity contribution in [2.45, 2.75) is 65.1 Å². The molecule has 7 heteroatoms. The van der Waals surface area contributed by atoms with E-state index in [-0.39, 0.29) is 5.56 Å². The Morgan fingerprint density at radius 2 is 1.50 bits per heavy atom. The lowest BCUT2D eigenvalue weighted by molar-refractivity contribution is -0.127. The molecule has 0 atom stereocenters. The molecular formula is C23H27BO6. The van der Waals surface area contributed by atoms with Gasteiger partial charge in [-0.2, -0.15) is 0 Å². The maximum absolute atomic E-state index is 12.9. The Balaban J connectivity index is 1.73. The number of carbonyl (C=O) groups is 1. The Bertz CT molecular complexity index is 951. The van der Waals surface area contributed by atoms with Crippen molar-refractivity contribution < 1.29 is 28.3 Å². The van der Waals surface area contributed by atoms with E-state index in [0.29, 0.717) is 23.6 Å². The molecule has 30 heavy (non-hydrogen) atoms. The largest absolute Gasteiger partial charge is 0.498 e. The van der Waals surface area contributed by atoms with E-state index >= 15 is 0 Å². The molecule has 2 aromatic rings. The van der Waals surface area contributed by atoms with Crippen molar-refractivity contribution in [3.8, 4) is 11.5 Å². The smallest absolute Gasteiger partial charge is 0.488 e. The van der Waals surface area contributed by atoms with E-state index in [1.165, 1.54) is 0 Å². The van der Waals surface area contributed by atoms with Gasteiger partial charge in [-0.25, -0.2) is 4.79 Å². The van der Waals surface area contributed by atoms with E-state index in [2.05, 4.69) is 0 Å². The summed E-state index contributed by atoms with van der Waals surface area (Å²) in [7, 11) is -0.673. The highest BCUT2D eigenvalue weighted by atomic mass is 16.7. The number of carbonyl (C=O) groups excluding carboxylic acids is 1. The second-order valence-electron chi connectivity index (χ2n) is 9.11. The molecule has 0 aromatic heterocycles. The van der Waals surface area contributed by atoms with Gasteiger partial charge in [0, 0.05) is 19.3 Å². The minimum absolute atomic E-state index is 0.248. The molecule has 0 unspecified atom stereocenters. The van der Waals surface area contributed by atoms with Crippen LogP contribution in [0.15, 0.2) is 42.5 Å². The van der Waals surface area contributed by atoms with E-state index in [1.54, 1.807) is 19.9 Å². The van der Waals surface area contributed by atoms with Gasteiger partial charge in [0.2, 0.25) is 5.79 Å². The molecule has 2 aromatic carbocycles. The summed E-state index contributed by atoms with van der Waals surface area (Å²) < 4.78 is 29.9. The van der Waals surface area contributed by atoms with E-state index < -0.39 is 30.1 Å². The van der Waals surface area contributed by atoms with Crippen LogP contribution >= 0.6 is 0 Å². The van der Waals surface area contributed by atoms with Crippen molar-refractivity contribution in [3.05, 3.63) is 53.6 Å². The number of hydrogen-bond acceptors (Lipinski definition) is 6. The summed E-state index contributed by atoms with van der Waals surface area (Å²) in [6.07, 6.45) is 0. The van der Waals surface area contributed by atoms with Crippen molar-refractivity contribution in [2.75, 3.05) is 0 Å². The van der Waals surface area contributed by atoms with E-state index in [9.17, 15) is 4.79 Å². The van der Waals surface area contributed by atoms with Gasteiger partial charge >= 0.3 is 13.1 Å². The van der Waals surface area contributed by atoms with Crippen LogP contribution in [0.1, 0.15) is 57.5 Å². The number of esters is 1. The number of rotatable bonds is 4. The molecule has 1 fully saturated rings. The second-order valence-corrected chi connectivity index (χ2v) is 9.11. The maximum atomic E-state index is 12.9. The summed E-state index contributed by atoms with van der Waals surface area (Å²) in [4.78, 5) is 12.9. The summed E-state index contributed by atoms with van der Waals surface area (Å²) in [5.41, 5.74) is 0.847. The van der Waals surface area contributed by atoms with Gasteiger partial charge in [-0.1, -0.05) is 36.4 Å². The highest BCUT2D eigenvalue weighted by Crippen LogP contribution is 2.41. The first kappa shape index (κ1) is 20.8.